The van der Waals surface area contributed by atoms with Gasteiger partial charge in [-0.2, -0.15) is 0 Å². The third-order valence-electron chi connectivity index (χ3n) is 4.32. The molecule has 2 heterocycles. The van der Waals surface area contributed by atoms with Gasteiger partial charge in [-0.15, -0.1) is 0 Å². The summed E-state index contributed by atoms with van der Waals surface area (Å²) in [6, 6.07) is 11.3. The maximum Gasteiger partial charge on any atom is 0.139 e. The van der Waals surface area contributed by atoms with Crippen molar-refractivity contribution in [2.75, 3.05) is 18.0 Å². The minimum absolute atomic E-state index is 0.303. The van der Waals surface area contributed by atoms with Gasteiger partial charge >= 0.3 is 0 Å². The molecule has 0 bridgehead atoms. The predicted octanol–water partition coefficient (Wildman–Crippen LogP) is 3.66. The van der Waals surface area contributed by atoms with Gasteiger partial charge in [0.25, 0.3) is 0 Å². The molecule has 1 saturated heterocycles. The molecule has 1 aliphatic heterocycles. The predicted molar refractivity (Wildman–Crippen MR) is 87.8 cm³/mol. The van der Waals surface area contributed by atoms with E-state index in [0.29, 0.717) is 43.2 Å². The Balaban J connectivity index is 1.77. The summed E-state index contributed by atoms with van der Waals surface area (Å²) in [6.45, 7) is 1.55. The quantitative estimate of drug-likeness (QED) is 0.938. The molecule has 0 spiro atoms. The van der Waals surface area contributed by atoms with E-state index in [1.807, 2.05) is 36.4 Å². The molecule has 0 unspecified atom stereocenters. The van der Waals surface area contributed by atoms with Crippen LogP contribution in [0.5, 0.6) is 0 Å². The van der Waals surface area contributed by atoms with Crippen LogP contribution >= 0.6 is 11.6 Å². The zero-order valence-electron chi connectivity index (χ0n) is 12.3. The molecule has 1 fully saturated rings. The van der Waals surface area contributed by atoms with Gasteiger partial charge in [-0.05, 0) is 11.6 Å². The van der Waals surface area contributed by atoms with Crippen molar-refractivity contribution in [1.29, 1.82) is 0 Å². The molecular formula is C17H19ClFN3. The van der Waals surface area contributed by atoms with Crippen molar-refractivity contribution >= 4 is 17.3 Å². The van der Waals surface area contributed by atoms with Crippen molar-refractivity contribution in [3.8, 4) is 0 Å². The van der Waals surface area contributed by atoms with Crippen LogP contribution in [0.1, 0.15) is 24.1 Å². The van der Waals surface area contributed by atoms with Crippen LogP contribution in [0.4, 0.5) is 10.1 Å². The lowest BCUT2D eigenvalue weighted by Gasteiger charge is -2.38. The maximum atomic E-state index is 15.1. The number of piperidine rings is 1. The molecule has 2 N–H and O–H groups in total. The van der Waals surface area contributed by atoms with E-state index in [9.17, 15) is 0 Å². The molecule has 0 atom stereocenters. The molecule has 3 nitrogen and oxygen atoms in total. The molecule has 3 rings (SSSR count). The third kappa shape index (κ3) is 2.81. The van der Waals surface area contributed by atoms with Crippen LogP contribution in [-0.4, -0.2) is 18.1 Å². The van der Waals surface area contributed by atoms with E-state index in [2.05, 4.69) is 9.88 Å². The minimum Gasteiger partial charge on any atom is -0.370 e. The van der Waals surface area contributed by atoms with Crippen LogP contribution in [0.15, 0.2) is 42.6 Å². The number of hydrogen-bond acceptors (Lipinski definition) is 3. The smallest absolute Gasteiger partial charge is 0.139 e. The lowest BCUT2D eigenvalue weighted by Crippen LogP contribution is -2.40. The van der Waals surface area contributed by atoms with Crippen LogP contribution in [0.3, 0.4) is 0 Å². The standard InChI is InChI=1S/C17H19ClFN3/c18-16-14(12-20)21-9-6-15(16)22-10-7-17(19,8-11-22)13-4-2-1-3-5-13/h1-6,9H,7-8,10-12,20H2. The number of anilines is 1. The zero-order valence-corrected chi connectivity index (χ0v) is 13.1. The molecule has 2 aromatic rings. The average Bonchev–Trinajstić information content (AvgIpc) is 2.57. The monoisotopic (exact) mass is 319 g/mol. The van der Waals surface area contributed by atoms with E-state index in [0.717, 1.165) is 11.3 Å². The molecule has 0 aliphatic carbocycles. The summed E-state index contributed by atoms with van der Waals surface area (Å²) in [5.41, 5.74) is 6.72. The second-order valence-corrected chi connectivity index (χ2v) is 5.99. The molecule has 0 saturated carbocycles. The van der Waals surface area contributed by atoms with Crippen LogP contribution in [0.2, 0.25) is 5.02 Å². The van der Waals surface area contributed by atoms with Crippen molar-refractivity contribution < 1.29 is 4.39 Å². The van der Waals surface area contributed by atoms with Crippen molar-refractivity contribution in [2.45, 2.75) is 25.1 Å². The number of halogens is 2. The first-order chi connectivity index (χ1) is 10.6. The second-order valence-electron chi connectivity index (χ2n) is 5.61. The van der Waals surface area contributed by atoms with Crippen LogP contribution in [-0.2, 0) is 12.2 Å². The van der Waals surface area contributed by atoms with Crippen LogP contribution in [0, 0.1) is 0 Å². The van der Waals surface area contributed by atoms with Gasteiger partial charge in [-0.25, -0.2) is 4.39 Å². The molecule has 1 aliphatic rings. The van der Waals surface area contributed by atoms with Gasteiger partial charge in [-0.3, -0.25) is 4.98 Å². The highest BCUT2D eigenvalue weighted by atomic mass is 35.5. The molecule has 1 aromatic carbocycles. The Kier molecular flexibility index (Phi) is 4.32. The molecule has 0 amide bonds. The summed E-state index contributed by atoms with van der Waals surface area (Å²) in [5, 5.41) is 0.580. The molecule has 1 aromatic heterocycles. The molecule has 0 radical (unpaired) electrons. The van der Waals surface area contributed by atoms with Crippen molar-refractivity contribution in [3.05, 3.63) is 58.9 Å². The highest BCUT2D eigenvalue weighted by Gasteiger charge is 2.36. The Morgan fingerprint density at radius 3 is 2.50 bits per heavy atom. The molecule has 5 heteroatoms. The number of aromatic nitrogens is 1. The van der Waals surface area contributed by atoms with E-state index in [-0.39, 0.29) is 0 Å². The van der Waals surface area contributed by atoms with Gasteiger partial charge in [-0.1, -0.05) is 41.9 Å². The van der Waals surface area contributed by atoms with E-state index in [1.54, 1.807) is 6.20 Å². The fourth-order valence-electron chi connectivity index (χ4n) is 2.99. The van der Waals surface area contributed by atoms with E-state index in [4.69, 9.17) is 17.3 Å². The van der Waals surface area contributed by atoms with Gasteiger partial charge < -0.3 is 10.6 Å². The van der Waals surface area contributed by atoms with Gasteiger partial charge in [0.15, 0.2) is 0 Å². The van der Waals surface area contributed by atoms with E-state index in [1.165, 1.54) is 0 Å². The number of alkyl halides is 1. The Labute approximate surface area is 134 Å². The number of rotatable bonds is 3. The van der Waals surface area contributed by atoms with Gasteiger partial charge in [0.05, 0.1) is 16.4 Å². The Bertz CT molecular complexity index is 640. The van der Waals surface area contributed by atoms with E-state index >= 15 is 4.39 Å². The summed E-state index contributed by atoms with van der Waals surface area (Å²) < 4.78 is 15.1. The largest absolute Gasteiger partial charge is 0.370 e. The third-order valence-corrected chi connectivity index (χ3v) is 4.73. The molecule has 116 valence electrons. The number of benzene rings is 1. The highest BCUT2D eigenvalue weighted by molar-refractivity contribution is 6.33. The highest BCUT2D eigenvalue weighted by Crippen LogP contribution is 2.39. The van der Waals surface area contributed by atoms with Crippen molar-refractivity contribution in [1.82, 2.24) is 4.98 Å². The minimum atomic E-state index is -1.26. The SMILES string of the molecule is NCc1nccc(N2CCC(F)(c3ccccc3)CC2)c1Cl. The lowest BCUT2D eigenvalue weighted by atomic mass is 9.86. The number of hydrogen-bond donors (Lipinski definition) is 1. The van der Waals surface area contributed by atoms with Gasteiger partial charge in [0.2, 0.25) is 0 Å². The Morgan fingerprint density at radius 2 is 1.86 bits per heavy atom. The summed E-state index contributed by atoms with van der Waals surface area (Å²) in [5.74, 6) is 0. The summed E-state index contributed by atoms with van der Waals surface area (Å²) in [6.07, 6.45) is 2.61. The first-order valence-electron chi connectivity index (χ1n) is 7.47. The first-order valence-corrected chi connectivity index (χ1v) is 7.85. The summed E-state index contributed by atoms with van der Waals surface area (Å²) in [4.78, 5) is 6.29. The molecular weight excluding hydrogens is 301 g/mol. The van der Waals surface area contributed by atoms with Gasteiger partial charge in [0, 0.05) is 38.7 Å². The number of pyridine rings is 1. The van der Waals surface area contributed by atoms with E-state index < -0.39 is 5.67 Å². The van der Waals surface area contributed by atoms with Crippen molar-refractivity contribution in [3.63, 3.8) is 0 Å². The second kappa shape index (κ2) is 6.23. The topological polar surface area (TPSA) is 42.1 Å². The van der Waals surface area contributed by atoms with Crippen LogP contribution in [0.25, 0.3) is 0 Å². The van der Waals surface area contributed by atoms with Crippen molar-refractivity contribution in [2.24, 2.45) is 5.73 Å². The lowest BCUT2D eigenvalue weighted by molar-refractivity contribution is 0.125. The van der Waals surface area contributed by atoms with Gasteiger partial charge in [0.1, 0.15) is 5.67 Å². The maximum absolute atomic E-state index is 15.1. The Morgan fingerprint density at radius 1 is 1.18 bits per heavy atom. The normalized spacial score (nSPS) is 17.5. The Hall–Kier alpha value is -1.65. The fraction of sp³-hybridized carbons (Fsp3) is 0.353. The average molecular weight is 320 g/mol. The number of nitrogens with zero attached hydrogens (tertiary/aromatic N) is 2. The zero-order chi connectivity index (χ0) is 15.6. The summed E-state index contributed by atoms with van der Waals surface area (Å²) in [7, 11) is 0. The molecule has 22 heavy (non-hydrogen) atoms. The first kappa shape index (κ1) is 15.3. The fourth-order valence-corrected chi connectivity index (χ4v) is 3.30. The number of nitrogens with two attached hydrogens (primary N) is 1. The van der Waals surface area contributed by atoms with Crippen LogP contribution < -0.4 is 10.6 Å². The summed E-state index contributed by atoms with van der Waals surface area (Å²) >= 11 is 6.35.